The van der Waals surface area contributed by atoms with Crippen LogP contribution in [0.25, 0.3) is 0 Å². The van der Waals surface area contributed by atoms with E-state index in [9.17, 15) is 4.79 Å². The molecular formula is C21H24N4O3. The predicted molar refractivity (Wildman–Crippen MR) is 106 cm³/mol. The maximum Gasteiger partial charge on any atom is 0.231 e. The molecule has 0 bridgehead atoms. The minimum atomic E-state index is 0.117. The number of nitrogens with zero attached hydrogens (tertiary/aromatic N) is 3. The van der Waals surface area contributed by atoms with Crippen LogP contribution in [0, 0.1) is 5.92 Å². The molecule has 2 aromatic rings. The second-order valence-corrected chi connectivity index (χ2v) is 7.62. The highest BCUT2D eigenvalue weighted by Gasteiger charge is 2.29. The molecule has 146 valence electrons. The molecule has 1 N–H and O–H groups in total. The van der Waals surface area contributed by atoms with E-state index in [4.69, 9.17) is 9.47 Å². The summed E-state index contributed by atoms with van der Waals surface area (Å²) in [6, 6.07) is 10.1. The van der Waals surface area contributed by atoms with E-state index in [0.29, 0.717) is 6.79 Å². The zero-order chi connectivity index (χ0) is 18.9. The molecule has 2 fully saturated rings. The number of aromatic nitrogens is 1. The van der Waals surface area contributed by atoms with E-state index in [1.165, 1.54) is 5.56 Å². The Morgan fingerprint density at radius 3 is 2.64 bits per heavy atom. The number of carbonyl (C=O) groups excluding carboxylic acids is 1. The molecule has 0 spiro atoms. The van der Waals surface area contributed by atoms with Gasteiger partial charge in [-0.05, 0) is 42.7 Å². The number of rotatable bonds is 5. The van der Waals surface area contributed by atoms with Crippen molar-refractivity contribution in [2.75, 3.05) is 43.2 Å². The predicted octanol–water partition coefficient (Wildman–Crippen LogP) is 2.48. The highest BCUT2D eigenvalue weighted by Crippen LogP contribution is 2.33. The number of amides is 1. The lowest BCUT2D eigenvalue weighted by Crippen LogP contribution is -2.46. The van der Waals surface area contributed by atoms with Gasteiger partial charge in [0.2, 0.25) is 12.7 Å². The first-order chi connectivity index (χ1) is 13.7. The molecule has 1 aliphatic carbocycles. The van der Waals surface area contributed by atoms with Crippen LogP contribution >= 0.6 is 0 Å². The van der Waals surface area contributed by atoms with Gasteiger partial charge in [-0.25, -0.2) is 4.98 Å². The first-order valence-corrected chi connectivity index (χ1v) is 9.87. The molecule has 7 heteroatoms. The quantitative estimate of drug-likeness (QED) is 0.860. The summed E-state index contributed by atoms with van der Waals surface area (Å²) in [6.45, 7) is 5.06. The number of hydrogen-bond acceptors (Lipinski definition) is 6. The van der Waals surface area contributed by atoms with Gasteiger partial charge in [0, 0.05) is 38.6 Å². The third-order valence-corrected chi connectivity index (χ3v) is 5.50. The van der Waals surface area contributed by atoms with Crippen molar-refractivity contribution in [1.29, 1.82) is 0 Å². The third kappa shape index (κ3) is 3.75. The molecule has 3 aliphatic rings. The lowest BCUT2D eigenvalue weighted by Gasteiger charge is -2.35. The van der Waals surface area contributed by atoms with Crippen LogP contribution in [-0.2, 0) is 11.3 Å². The average Bonchev–Trinajstić information content (AvgIpc) is 3.48. The summed E-state index contributed by atoms with van der Waals surface area (Å²) in [6.07, 6.45) is 3.77. The Hall–Kier alpha value is -2.80. The largest absolute Gasteiger partial charge is 0.454 e. The second-order valence-electron chi connectivity index (χ2n) is 7.62. The fourth-order valence-corrected chi connectivity index (χ4v) is 3.67. The molecule has 2 aliphatic heterocycles. The zero-order valence-electron chi connectivity index (χ0n) is 15.8. The van der Waals surface area contributed by atoms with Crippen molar-refractivity contribution >= 4 is 17.4 Å². The van der Waals surface area contributed by atoms with Crippen molar-refractivity contribution in [2.24, 2.45) is 5.92 Å². The maximum absolute atomic E-state index is 11.8. The summed E-state index contributed by atoms with van der Waals surface area (Å²) in [5, 5.41) is 2.94. The number of piperazine rings is 1. The Labute approximate surface area is 164 Å². The number of carbonyl (C=O) groups is 1. The highest BCUT2D eigenvalue weighted by atomic mass is 16.7. The maximum atomic E-state index is 11.8. The van der Waals surface area contributed by atoms with Crippen LogP contribution in [0.4, 0.5) is 11.5 Å². The number of benzene rings is 1. The Morgan fingerprint density at radius 1 is 1.07 bits per heavy atom. The molecule has 0 atom stereocenters. The number of ether oxygens (including phenoxy) is 2. The molecule has 0 radical (unpaired) electrons. The minimum absolute atomic E-state index is 0.117. The van der Waals surface area contributed by atoms with E-state index >= 15 is 0 Å². The van der Waals surface area contributed by atoms with E-state index in [2.05, 4.69) is 32.2 Å². The molecule has 7 nitrogen and oxygen atoms in total. The molecular weight excluding hydrogens is 356 g/mol. The molecule has 1 amide bonds. The van der Waals surface area contributed by atoms with Gasteiger partial charge in [-0.1, -0.05) is 6.07 Å². The van der Waals surface area contributed by atoms with Crippen molar-refractivity contribution in [3.8, 4) is 11.5 Å². The lowest BCUT2D eigenvalue weighted by molar-refractivity contribution is -0.117. The fourth-order valence-electron chi connectivity index (χ4n) is 3.67. The number of nitrogens with one attached hydrogen (secondary N) is 1. The topological polar surface area (TPSA) is 66.9 Å². The number of hydrogen-bond donors (Lipinski definition) is 1. The van der Waals surface area contributed by atoms with Crippen LogP contribution in [0.15, 0.2) is 36.5 Å². The van der Waals surface area contributed by atoms with Crippen molar-refractivity contribution in [1.82, 2.24) is 9.88 Å². The van der Waals surface area contributed by atoms with Crippen LogP contribution in [0.3, 0.4) is 0 Å². The lowest BCUT2D eigenvalue weighted by atomic mass is 10.1. The Balaban J connectivity index is 1.14. The van der Waals surface area contributed by atoms with Crippen molar-refractivity contribution < 1.29 is 14.3 Å². The summed E-state index contributed by atoms with van der Waals surface area (Å²) >= 11 is 0. The smallest absolute Gasteiger partial charge is 0.231 e. The van der Waals surface area contributed by atoms with E-state index in [1.54, 1.807) is 6.20 Å². The van der Waals surface area contributed by atoms with Crippen LogP contribution in [0.1, 0.15) is 18.4 Å². The monoisotopic (exact) mass is 380 g/mol. The second kappa shape index (κ2) is 7.31. The SMILES string of the molecule is O=C(Nc1ccc(N2CCN(Cc3ccc4c(c3)OCO4)CC2)nc1)C1CC1. The van der Waals surface area contributed by atoms with E-state index in [1.807, 2.05) is 18.2 Å². The van der Waals surface area contributed by atoms with Gasteiger partial charge in [-0.15, -0.1) is 0 Å². The summed E-state index contributed by atoms with van der Waals surface area (Å²) in [4.78, 5) is 21.1. The van der Waals surface area contributed by atoms with E-state index in [0.717, 1.165) is 68.6 Å². The summed E-state index contributed by atoms with van der Waals surface area (Å²) < 4.78 is 10.8. The molecule has 1 aromatic carbocycles. The van der Waals surface area contributed by atoms with Gasteiger partial charge in [0.1, 0.15) is 5.82 Å². The Bertz CT molecular complexity index is 858. The third-order valence-electron chi connectivity index (χ3n) is 5.50. The number of pyridine rings is 1. The number of anilines is 2. The van der Waals surface area contributed by atoms with Gasteiger partial charge >= 0.3 is 0 Å². The summed E-state index contributed by atoms with van der Waals surface area (Å²) in [7, 11) is 0. The van der Waals surface area contributed by atoms with Crippen molar-refractivity contribution in [3.05, 3.63) is 42.1 Å². The van der Waals surface area contributed by atoms with Crippen LogP contribution < -0.4 is 19.7 Å². The zero-order valence-corrected chi connectivity index (χ0v) is 15.8. The standard InChI is InChI=1S/C21H24N4O3/c26-21(16-2-3-16)23-17-4-6-20(22-12-17)25-9-7-24(8-10-25)13-15-1-5-18-19(11-15)28-14-27-18/h1,4-6,11-12,16H,2-3,7-10,13-14H2,(H,23,26). The summed E-state index contributed by atoms with van der Waals surface area (Å²) in [5.41, 5.74) is 2.02. The van der Waals surface area contributed by atoms with Crippen LogP contribution in [-0.4, -0.2) is 48.8 Å². The van der Waals surface area contributed by atoms with Crippen molar-refractivity contribution in [2.45, 2.75) is 19.4 Å². The van der Waals surface area contributed by atoms with Crippen molar-refractivity contribution in [3.63, 3.8) is 0 Å². The normalized spacial score (nSPS) is 18.9. The van der Waals surface area contributed by atoms with Gasteiger partial charge in [-0.2, -0.15) is 0 Å². The molecule has 28 heavy (non-hydrogen) atoms. The number of fused-ring (bicyclic) bond motifs is 1. The van der Waals surface area contributed by atoms with Gasteiger partial charge in [0.05, 0.1) is 11.9 Å². The highest BCUT2D eigenvalue weighted by molar-refractivity contribution is 5.93. The van der Waals surface area contributed by atoms with Gasteiger partial charge in [-0.3, -0.25) is 9.69 Å². The molecule has 3 heterocycles. The minimum Gasteiger partial charge on any atom is -0.454 e. The van der Waals surface area contributed by atoms with Gasteiger partial charge in [0.25, 0.3) is 0 Å². The van der Waals surface area contributed by atoms with E-state index in [-0.39, 0.29) is 11.8 Å². The van der Waals surface area contributed by atoms with Crippen LogP contribution in [0.5, 0.6) is 11.5 Å². The van der Waals surface area contributed by atoms with Gasteiger partial charge < -0.3 is 19.7 Å². The fraction of sp³-hybridized carbons (Fsp3) is 0.429. The average molecular weight is 380 g/mol. The Morgan fingerprint density at radius 2 is 1.89 bits per heavy atom. The molecule has 5 rings (SSSR count). The van der Waals surface area contributed by atoms with Gasteiger partial charge in [0.15, 0.2) is 11.5 Å². The first kappa shape index (κ1) is 17.3. The van der Waals surface area contributed by atoms with Crippen LogP contribution in [0.2, 0.25) is 0 Å². The molecule has 1 aromatic heterocycles. The first-order valence-electron chi connectivity index (χ1n) is 9.87. The summed E-state index contributed by atoms with van der Waals surface area (Å²) in [5.74, 6) is 2.96. The Kier molecular flexibility index (Phi) is 4.52. The van der Waals surface area contributed by atoms with E-state index < -0.39 is 0 Å². The molecule has 1 saturated carbocycles. The molecule has 1 saturated heterocycles. The molecule has 0 unspecified atom stereocenters.